The first-order valence-corrected chi connectivity index (χ1v) is 33.7. The minimum absolute atomic E-state index is 0.161. The number of amides is 3. The van der Waals surface area contributed by atoms with Crippen LogP contribution in [0.3, 0.4) is 0 Å². The fourth-order valence-corrected chi connectivity index (χ4v) is 12.2. The molecule has 0 spiro atoms. The van der Waals surface area contributed by atoms with Gasteiger partial charge in [0.05, 0.1) is 30.2 Å². The summed E-state index contributed by atoms with van der Waals surface area (Å²) < 4.78 is 22.6. The number of aliphatic hydroxyl groups excluding tert-OH is 1. The molecule has 1 aliphatic carbocycles. The van der Waals surface area contributed by atoms with Crippen molar-refractivity contribution in [1.29, 1.82) is 0 Å². The molecule has 0 saturated heterocycles. The molecule has 23 heteroatoms. The molecule has 1 aliphatic rings. The number of ether oxygens (including phenoxy) is 3. The highest BCUT2D eigenvalue weighted by atomic mass is 16.5. The summed E-state index contributed by atoms with van der Waals surface area (Å²) in [6.45, 7) is 3.55. The van der Waals surface area contributed by atoms with E-state index in [9.17, 15) is 38.4 Å². The Morgan fingerprint density at radius 3 is 1.56 bits per heavy atom. The van der Waals surface area contributed by atoms with Gasteiger partial charge in [-0.05, 0) is 168 Å². The summed E-state index contributed by atoms with van der Waals surface area (Å²) in [5.41, 5.74) is 11.2. The van der Waals surface area contributed by atoms with Crippen LogP contribution in [0, 0.1) is 6.92 Å². The summed E-state index contributed by atoms with van der Waals surface area (Å²) in [7, 11) is 0. The van der Waals surface area contributed by atoms with E-state index in [1.54, 1.807) is 92.6 Å². The lowest BCUT2D eigenvalue weighted by Gasteiger charge is -2.21. The zero-order valence-electron chi connectivity index (χ0n) is 57.0. The molecular formula is C82H74N8O15. The molecule has 14 rings (SSSR count). The molecule has 0 saturated carbocycles. The lowest BCUT2D eigenvalue weighted by Crippen LogP contribution is -2.26. The fraction of sp³-hybridized carbons (Fsp3) is 0.159. The number of carbonyl (C=O) groups excluding carboxylic acids is 4. The molecule has 0 bridgehead atoms. The van der Waals surface area contributed by atoms with Gasteiger partial charge in [0.25, 0.3) is 40.0 Å². The van der Waals surface area contributed by atoms with E-state index in [-0.39, 0.29) is 45.0 Å². The molecule has 0 radical (unpaired) electrons. The van der Waals surface area contributed by atoms with E-state index in [1.807, 2.05) is 146 Å². The Kier molecular flexibility index (Phi) is 24.5. The first-order valence-electron chi connectivity index (χ1n) is 33.7. The smallest absolute Gasteiger partial charge is 0.274 e. The molecule has 13 aromatic rings. The number of nitrogens with one attached hydrogen (secondary N) is 4. The standard InChI is InChI=1S/C27H25NO5.C23H18N2O3.C22H22N2O4.C10H9N3O3/c29-18-26(30)22-11-10-21-12-14-28(27(31)25(21)16-22)13-5-15-32-23-8-4-9-24(17-23)33-19-20-6-2-1-3-7-20;26-22(24-28)19-12-11-16-13-14-25(23(27)20(16)15-19)21(17-7-3-1-4-8-17)18-9-5-2-6-10-18;25-21(23-27)17-9-8-16-10-12-24(22(26)19(16)14-17)11-3-13-28-20-7-2-5-15-4-1-6-18(15)20;1-5-11-8-4-6(9(14)13-16)2-3-7(8)10(15)12-5/h1-4,6-12,14,16-17,29H,5,13,15,18-19H2;1-15,21,28H,(H,24,26);2,5,7-10,12,14,27H,1,3-4,6,11,13H2,(H,23,25);2-4,16H,1H3,(H,13,14)(H,11,12,15). The third-order valence-corrected chi connectivity index (χ3v) is 17.6. The fourth-order valence-electron chi connectivity index (χ4n) is 12.2. The normalized spacial score (nSPS) is 11.3. The van der Waals surface area contributed by atoms with Gasteiger partial charge < -0.3 is 38.0 Å². The van der Waals surface area contributed by atoms with Crippen molar-refractivity contribution >= 4 is 66.7 Å². The van der Waals surface area contributed by atoms with Gasteiger partial charge in [0.15, 0.2) is 5.78 Å². The lowest BCUT2D eigenvalue weighted by atomic mass is 9.98. The van der Waals surface area contributed by atoms with Gasteiger partial charge in [0.2, 0.25) is 0 Å². The topological polar surface area (TPSA) is 325 Å². The van der Waals surface area contributed by atoms with Gasteiger partial charge in [0.1, 0.15) is 36.3 Å². The zero-order chi connectivity index (χ0) is 73.8. The van der Waals surface area contributed by atoms with Crippen LogP contribution in [0.15, 0.2) is 262 Å². The first-order chi connectivity index (χ1) is 51.1. The van der Waals surface area contributed by atoms with Crippen LogP contribution in [0.1, 0.15) is 100 Å². The molecule has 105 heavy (non-hydrogen) atoms. The zero-order valence-corrected chi connectivity index (χ0v) is 57.0. The Bertz CT molecular complexity index is 5490. The highest BCUT2D eigenvalue weighted by molar-refractivity contribution is 6.01. The minimum Gasteiger partial charge on any atom is -0.493 e. The number of aryl methyl sites for hydroxylation is 4. The molecule has 0 fully saturated rings. The van der Waals surface area contributed by atoms with Gasteiger partial charge >= 0.3 is 0 Å². The maximum absolute atomic E-state index is 13.3. The number of hydrogen-bond acceptors (Lipinski definition) is 16. The maximum Gasteiger partial charge on any atom is 0.274 e. The van der Waals surface area contributed by atoms with E-state index >= 15 is 0 Å². The van der Waals surface area contributed by atoms with Gasteiger partial charge in [0, 0.05) is 76.2 Å². The second-order valence-corrected chi connectivity index (χ2v) is 24.5. The van der Waals surface area contributed by atoms with E-state index in [4.69, 9.17) is 34.9 Å². The minimum atomic E-state index is -0.653. The quantitative estimate of drug-likeness (QED) is 0.0143. The molecule has 0 atom stereocenters. The van der Waals surface area contributed by atoms with Gasteiger partial charge in [-0.25, -0.2) is 21.4 Å². The number of hydrogen-bond donors (Lipinski definition) is 8. The molecule has 4 aromatic heterocycles. The number of fused-ring (bicyclic) bond motifs is 5. The Morgan fingerprint density at radius 2 is 0.990 bits per heavy atom. The molecule has 23 nitrogen and oxygen atoms in total. The Morgan fingerprint density at radius 1 is 0.495 bits per heavy atom. The number of ketones is 1. The number of aromatic nitrogens is 5. The first kappa shape index (κ1) is 73.3. The van der Waals surface area contributed by atoms with Crippen LogP contribution < -0.4 is 52.9 Å². The molecule has 8 N–H and O–H groups in total. The molecule has 9 aromatic carbocycles. The second kappa shape index (κ2) is 35.1. The number of pyridine rings is 3. The van der Waals surface area contributed by atoms with Crippen molar-refractivity contribution in [3.05, 3.63) is 340 Å². The number of aromatic amines is 1. The third-order valence-electron chi connectivity index (χ3n) is 17.6. The third kappa shape index (κ3) is 18.2. The van der Waals surface area contributed by atoms with Crippen molar-refractivity contribution < 1.29 is 54.1 Å². The number of hydroxylamine groups is 3. The van der Waals surface area contributed by atoms with Gasteiger partial charge in [-0.2, -0.15) is 0 Å². The van der Waals surface area contributed by atoms with Crippen LogP contribution >= 0.6 is 0 Å². The van der Waals surface area contributed by atoms with Crippen LogP contribution in [-0.2, 0) is 32.5 Å². The average molecular weight is 1410 g/mol. The summed E-state index contributed by atoms with van der Waals surface area (Å²) in [4.78, 5) is 103. The SMILES string of the molecule is Cc1nc2cc(C(=O)NO)ccc2c(=O)[nH]1.O=C(CO)c1ccc2ccn(CCCOc3cccc(OCc4ccccc4)c3)c(=O)c2c1.O=C(NO)c1ccc2ccn(C(c3ccccc3)c3ccccc3)c(=O)c2c1.O=C(NO)c1ccc2ccn(CCCOc3cccc4c3CCC4)c(=O)c2c1. The number of aliphatic hydroxyl groups is 1. The summed E-state index contributed by atoms with van der Waals surface area (Å²) in [6.07, 6.45) is 9.99. The number of rotatable bonds is 21. The predicted molar refractivity (Wildman–Crippen MR) is 397 cm³/mol. The van der Waals surface area contributed by atoms with Crippen LogP contribution in [0.25, 0.3) is 43.2 Å². The van der Waals surface area contributed by atoms with Crippen molar-refractivity contribution in [2.75, 3.05) is 19.8 Å². The summed E-state index contributed by atoms with van der Waals surface area (Å²) in [5.74, 6) is 0.532. The number of carbonyl (C=O) groups is 4. The van der Waals surface area contributed by atoms with E-state index in [0.29, 0.717) is 90.0 Å². The monoisotopic (exact) mass is 1410 g/mol. The maximum atomic E-state index is 13.3. The van der Waals surface area contributed by atoms with E-state index in [0.717, 1.165) is 57.2 Å². The highest BCUT2D eigenvalue weighted by Gasteiger charge is 2.21. The molecule has 0 unspecified atom stereocenters. The van der Waals surface area contributed by atoms with Crippen molar-refractivity contribution in [3.63, 3.8) is 0 Å². The molecule has 4 heterocycles. The van der Waals surface area contributed by atoms with Crippen LogP contribution in [0.4, 0.5) is 0 Å². The van der Waals surface area contributed by atoms with E-state index in [1.165, 1.54) is 53.4 Å². The second-order valence-electron chi connectivity index (χ2n) is 24.5. The lowest BCUT2D eigenvalue weighted by molar-refractivity contribution is 0.0702. The molecule has 3 amide bonds. The Labute approximate surface area is 600 Å². The molecule has 532 valence electrons. The summed E-state index contributed by atoms with van der Waals surface area (Å²) in [6, 6.07) is 67.4. The van der Waals surface area contributed by atoms with Crippen LogP contribution in [0.5, 0.6) is 17.2 Å². The average Bonchev–Trinajstić information content (AvgIpc) is 1.51. The van der Waals surface area contributed by atoms with Gasteiger partial charge in [-0.3, -0.25) is 54.0 Å². The number of benzene rings is 9. The van der Waals surface area contributed by atoms with Crippen LogP contribution in [0.2, 0.25) is 0 Å². The Balaban J connectivity index is 0.000000143. The summed E-state index contributed by atoms with van der Waals surface area (Å²) >= 11 is 0. The van der Waals surface area contributed by atoms with Gasteiger partial charge in [-0.15, -0.1) is 0 Å². The predicted octanol–water partition coefficient (Wildman–Crippen LogP) is 11.4. The molecule has 0 aliphatic heterocycles. The van der Waals surface area contributed by atoms with Crippen molar-refractivity contribution in [3.8, 4) is 17.2 Å². The largest absolute Gasteiger partial charge is 0.493 e. The van der Waals surface area contributed by atoms with E-state index in [2.05, 4.69) is 16.0 Å². The number of H-pyrrole nitrogens is 1. The number of Topliss-reactive ketones (excluding diaryl/α,β-unsaturated/α-hetero) is 1. The van der Waals surface area contributed by atoms with Gasteiger partial charge in [-0.1, -0.05) is 133 Å². The number of nitrogens with zero attached hydrogens (tertiary/aromatic N) is 4. The van der Waals surface area contributed by atoms with Crippen molar-refractivity contribution in [2.24, 2.45) is 0 Å². The Hall–Kier alpha value is -12.9. The summed E-state index contributed by atoms with van der Waals surface area (Å²) in [5, 5.41) is 39.2. The molecular weight excluding hydrogens is 1340 g/mol. The van der Waals surface area contributed by atoms with E-state index < -0.39 is 30.1 Å². The highest BCUT2D eigenvalue weighted by Crippen LogP contribution is 2.31. The van der Waals surface area contributed by atoms with Crippen LogP contribution in [-0.4, -0.2) is 87.7 Å². The van der Waals surface area contributed by atoms with Crippen molar-refractivity contribution in [1.82, 2.24) is 40.1 Å². The van der Waals surface area contributed by atoms with Crippen molar-refractivity contribution in [2.45, 2.75) is 64.8 Å².